The number of fused-ring (bicyclic) bond motifs is 3. The lowest BCUT2D eigenvalue weighted by Gasteiger charge is -2.35. The van der Waals surface area contributed by atoms with Gasteiger partial charge in [-0.2, -0.15) is 29.5 Å². The maximum Gasteiger partial charge on any atom is 0.255 e. The Morgan fingerprint density at radius 2 is 1.32 bits per heavy atom. The Kier molecular flexibility index (Phi) is 27.3. The Hall–Kier alpha value is -11.6. The van der Waals surface area contributed by atoms with Crippen LogP contribution in [0.5, 0.6) is 0 Å². The largest absolute Gasteiger partial charge is 0.396 e. The van der Waals surface area contributed by atoms with E-state index in [-0.39, 0.29) is 42.6 Å². The van der Waals surface area contributed by atoms with Gasteiger partial charge in [-0.1, -0.05) is 57.5 Å². The summed E-state index contributed by atoms with van der Waals surface area (Å²) < 4.78 is 5.95. The van der Waals surface area contributed by atoms with Crippen LogP contribution < -0.4 is 63.6 Å². The molecule has 28 nitrogen and oxygen atoms in total. The number of rotatable bonds is 28. The van der Waals surface area contributed by atoms with Gasteiger partial charge in [-0.15, -0.1) is 0 Å². The number of hydrogen-bond acceptors (Lipinski definition) is 23. The van der Waals surface area contributed by atoms with Crippen molar-refractivity contribution in [3.05, 3.63) is 195 Å². The second-order valence-corrected chi connectivity index (χ2v) is 29.4. The molecule has 6 aromatic heterocycles. The minimum Gasteiger partial charge on any atom is -0.396 e. The van der Waals surface area contributed by atoms with Crippen LogP contribution in [0, 0.1) is 0 Å². The van der Waals surface area contributed by atoms with Gasteiger partial charge in [0.15, 0.2) is 39.6 Å². The number of aliphatic hydroxyl groups is 1. The fourth-order valence-corrected chi connectivity index (χ4v) is 13.8. The average molecular weight is 1500 g/mol. The van der Waals surface area contributed by atoms with Crippen molar-refractivity contribution in [2.45, 2.75) is 141 Å². The predicted octanol–water partition coefficient (Wildman–Crippen LogP) is 14.1. The van der Waals surface area contributed by atoms with Crippen molar-refractivity contribution in [1.82, 2.24) is 63.4 Å². The highest BCUT2D eigenvalue weighted by Crippen LogP contribution is 2.35. The lowest BCUT2D eigenvalue weighted by Crippen LogP contribution is -2.43. The number of carbonyl (C=O) groups excluding carboxylic acids is 2. The minimum atomic E-state index is -0.198. The third-order valence-electron chi connectivity index (χ3n) is 19.9. The Balaban J connectivity index is 0.000000165. The number of likely N-dealkylation sites (N-methyl/N-ethyl adjacent to an activating group) is 1. The Bertz CT molecular complexity index is 4890. The molecule has 12 N–H and O–H groups in total. The number of hydrogen-bond donors (Lipinski definition) is 10. The fourth-order valence-electron chi connectivity index (χ4n) is 13.8. The third kappa shape index (κ3) is 20.9. The van der Waals surface area contributed by atoms with Gasteiger partial charge in [0, 0.05) is 138 Å². The normalized spacial score (nSPS) is 16.5. The molecule has 2 amide bonds. The van der Waals surface area contributed by atoms with Gasteiger partial charge in [-0.3, -0.25) is 14.6 Å². The minimum absolute atomic E-state index is 0.142. The molecule has 13 rings (SSSR count). The van der Waals surface area contributed by atoms with Crippen LogP contribution in [0.4, 0.5) is 75.0 Å². The number of nitrogens with zero attached hydrogens (tertiary/aromatic N) is 16. The highest BCUT2D eigenvalue weighted by atomic mass is 16.3. The van der Waals surface area contributed by atoms with Gasteiger partial charge in [0.05, 0.1) is 24.5 Å². The van der Waals surface area contributed by atoms with Crippen molar-refractivity contribution in [3.8, 4) is 0 Å². The summed E-state index contributed by atoms with van der Waals surface area (Å²) in [5.41, 5.74) is 18.4. The van der Waals surface area contributed by atoms with Gasteiger partial charge in [0.25, 0.3) is 5.91 Å². The second kappa shape index (κ2) is 37.7. The monoisotopic (exact) mass is 1500 g/mol. The van der Waals surface area contributed by atoms with E-state index in [4.69, 9.17) is 36.5 Å². The summed E-state index contributed by atoms with van der Waals surface area (Å²) in [6.45, 7) is 29.2. The first-order valence-corrected chi connectivity index (χ1v) is 38.3. The standard InChI is InChI=1S/C30H34N8O.C28H41N9O.C25H34N8O/c1-4-20(3)33-24-13-11-22(12-14-24)30(39)35-26-10-6-9-25(16-26)34-28-17-27(37-15-7-8-23(31)19-37)36-29-21(5-2)18-32-38(28)29;1-19(2)37-18-29-25-26(31-22-10-7-9-21(17-22)30-24(38)11-8-16-35(3)4)33-28(34-27(25)37)32-20-12-14-23(15-13-20)36(5)6;1-5-18(4)33(26)21-11-8-9-19(15-21)28-23-22-24(32(16-27-22)17(2)3)30-25(29-23)31-13-7-6-10-20(31)12-14-34/h4,6,9-14,16-18,23,33-34H,1,3,5,7-8,15,19,31H2,2H3,(H,35,39);7-11,17-20,23H,12-16H2,1-6H3,(H,30,38)(H2,31,32,33,34);5,8-9,11,15-17,20,34H,1,4,6-7,10,12-14,26H2,2-3H3,(H,28,29,30)/b;11-8+;. The summed E-state index contributed by atoms with van der Waals surface area (Å²) in [5.74, 6) is 10.0. The zero-order chi connectivity index (χ0) is 78.8. The van der Waals surface area contributed by atoms with E-state index in [1.807, 2.05) is 139 Å². The van der Waals surface area contributed by atoms with Crippen LogP contribution in [0.1, 0.15) is 127 Å². The van der Waals surface area contributed by atoms with Gasteiger partial charge in [0.2, 0.25) is 17.8 Å². The first-order chi connectivity index (χ1) is 53.5. The molecule has 28 heteroatoms. The molecule has 2 unspecified atom stereocenters. The van der Waals surface area contributed by atoms with E-state index >= 15 is 0 Å². The number of anilines is 13. The number of imidazole rings is 2. The molecule has 1 aliphatic carbocycles. The first-order valence-electron chi connectivity index (χ1n) is 38.3. The number of carbonyl (C=O) groups is 2. The van der Waals surface area contributed by atoms with Crippen molar-refractivity contribution in [1.29, 1.82) is 0 Å². The average Bonchev–Trinajstić information content (AvgIpc) is 1.68. The molecule has 0 bridgehead atoms. The summed E-state index contributed by atoms with van der Waals surface area (Å²) in [5, 5.41) is 38.6. The summed E-state index contributed by atoms with van der Waals surface area (Å²) in [6, 6.07) is 33.9. The summed E-state index contributed by atoms with van der Waals surface area (Å²) in [4.78, 5) is 67.8. The lowest BCUT2D eigenvalue weighted by atomic mass is 9.91. The number of aryl methyl sites for hydroxylation is 1. The van der Waals surface area contributed by atoms with Crippen LogP contribution in [-0.4, -0.2) is 166 Å². The molecule has 10 aromatic rings. The van der Waals surface area contributed by atoms with Gasteiger partial charge >= 0.3 is 0 Å². The fraction of sp³-hybridized carbons (Fsp3) is 0.373. The van der Waals surface area contributed by atoms with E-state index in [0.29, 0.717) is 87.9 Å². The number of aliphatic hydroxyl groups excluding tert-OH is 1. The van der Waals surface area contributed by atoms with Crippen LogP contribution in [0.15, 0.2) is 184 Å². The van der Waals surface area contributed by atoms with Crippen molar-refractivity contribution in [2.24, 2.45) is 11.6 Å². The van der Waals surface area contributed by atoms with E-state index in [9.17, 15) is 14.7 Å². The zero-order valence-corrected chi connectivity index (χ0v) is 65.5. The molecule has 584 valence electrons. The molecule has 8 heterocycles. The molecule has 0 radical (unpaired) electrons. The lowest BCUT2D eigenvalue weighted by molar-refractivity contribution is -0.111. The number of nitrogens with two attached hydrogens (primary N) is 2. The number of hydrazine groups is 1. The van der Waals surface area contributed by atoms with Gasteiger partial charge in [-0.25, -0.2) is 20.8 Å². The first kappa shape index (κ1) is 80.5. The van der Waals surface area contributed by atoms with Gasteiger partial charge in [-0.05, 0) is 218 Å². The molecule has 111 heavy (non-hydrogen) atoms. The quantitative estimate of drug-likeness (QED) is 0.00942. The molecule has 4 aromatic carbocycles. The highest BCUT2D eigenvalue weighted by molar-refractivity contribution is 6.05. The van der Waals surface area contributed by atoms with Crippen molar-refractivity contribution < 1.29 is 14.7 Å². The maximum absolute atomic E-state index is 12.9. The highest BCUT2D eigenvalue weighted by Gasteiger charge is 2.29. The van der Waals surface area contributed by atoms with Crippen LogP contribution >= 0.6 is 0 Å². The van der Waals surface area contributed by atoms with E-state index < -0.39 is 0 Å². The second-order valence-electron chi connectivity index (χ2n) is 29.4. The van der Waals surface area contributed by atoms with E-state index in [1.54, 1.807) is 30.4 Å². The Morgan fingerprint density at radius 3 is 1.95 bits per heavy atom. The number of nitrogens with one attached hydrogen (secondary N) is 7. The molecule has 3 aliphatic rings. The van der Waals surface area contributed by atoms with Crippen molar-refractivity contribution >= 4 is 115 Å². The molecule has 2 aliphatic heterocycles. The summed E-state index contributed by atoms with van der Waals surface area (Å²) in [6.07, 6.45) is 23.5. The SMILES string of the molecule is C=CC(=C)N(N)c1cccc(Nc2nc(N3CCCCC3CCO)nc3c2ncn3C(C)C)c1.C=CC(=C)Nc1ccc(C(=O)Nc2cccc(Nc3cc(N4CCCC(N)C4)nc4c(CC)cnn34)c2)cc1.CC(C)n1cnc2c(Nc3cccc(NC(=O)/C=C/CN(C)C)c3)nc(NC3CCC(N(C)C)CC3)nc21. The van der Waals surface area contributed by atoms with Gasteiger partial charge < -0.3 is 76.8 Å². The smallest absolute Gasteiger partial charge is 0.255 e. The Morgan fingerprint density at radius 1 is 0.676 bits per heavy atom. The number of benzene rings is 4. The maximum atomic E-state index is 12.9. The van der Waals surface area contributed by atoms with Crippen LogP contribution in [0.3, 0.4) is 0 Å². The van der Waals surface area contributed by atoms with E-state index in [0.717, 1.165) is 146 Å². The molecular weight excluding hydrogens is 1400 g/mol. The van der Waals surface area contributed by atoms with Crippen LogP contribution in [0.25, 0.3) is 28.0 Å². The van der Waals surface area contributed by atoms with Crippen molar-refractivity contribution in [2.75, 3.05) is 113 Å². The summed E-state index contributed by atoms with van der Waals surface area (Å²) in [7, 11) is 8.23. The van der Waals surface area contributed by atoms with E-state index in [1.165, 1.54) is 5.01 Å². The molecule has 2 atom stereocenters. The number of piperidine rings is 2. The van der Waals surface area contributed by atoms with Gasteiger partial charge in [0.1, 0.15) is 11.6 Å². The zero-order valence-electron chi connectivity index (χ0n) is 65.5. The third-order valence-corrected chi connectivity index (χ3v) is 19.9. The molecule has 1 saturated carbocycles. The number of allylic oxidation sites excluding steroid dienone is 2. The molecular formula is C83H109N25O3. The van der Waals surface area contributed by atoms with Crippen molar-refractivity contribution in [3.63, 3.8) is 0 Å². The van der Waals surface area contributed by atoms with E-state index in [2.05, 4.69) is 151 Å². The predicted molar refractivity (Wildman–Crippen MR) is 452 cm³/mol. The Labute approximate surface area is 650 Å². The molecule has 2 saturated heterocycles. The summed E-state index contributed by atoms with van der Waals surface area (Å²) >= 11 is 0. The number of aromatic nitrogens is 11. The topological polar surface area (TPSA) is 324 Å². The molecule has 0 spiro atoms. The number of amides is 2. The molecule has 3 fully saturated rings. The van der Waals surface area contributed by atoms with Crippen LogP contribution in [0.2, 0.25) is 0 Å². The van der Waals surface area contributed by atoms with Crippen LogP contribution in [-0.2, 0) is 11.2 Å².